The van der Waals surface area contributed by atoms with Gasteiger partial charge < -0.3 is 0 Å². The van der Waals surface area contributed by atoms with Gasteiger partial charge in [-0.05, 0) is 18.2 Å². The molecule has 0 unspecified atom stereocenters. The molecule has 1 N–H and O–H groups in total. The average Bonchev–Trinajstić information content (AvgIpc) is 3.14. The Morgan fingerprint density at radius 3 is 2.45 bits per heavy atom. The lowest BCUT2D eigenvalue weighted by atomic mass is 10.1. The number of rotatable bonds is 6. The summed E-state index contributed by atoms with van der Waals surface area (Å²) in [5.74, 6) is -2.61. The number of nitrogens with zero attached hydrogens (tertiary/aromatic N) is 5. The van der Waals surface area contributed by atoms with Crippen LogP contribution in [-0.4, -0.2) is 36.5 Å². The number of para-hydroxylation sites is 2. The number of Topliss-reactive ketones (excluding diaryl/α,β-unsaturated/α-hetero) is 1. The molecule has 0 aliphatic heterocycles. The molecule has 1 amide bonds. The van der Waals surface area contributed by atoms with Crippen molar-refractivity contribution < 1.29 is 19.4 Å². The number of non-ortho nitro benzene ring substituents is 1. The monoisotopic (exact) mass is 438 g/mol. The molecule has 0 saturated carbocycles. The number of anilines is 1. The van der Waals surface area contributed by atoms with E-state index in [0.29, 0.717) is 21.3 Å². The lowest BCUT2D eigenvalue weighted by molar-refractivity contribution is -0.513. The SMILES string of the molecule is O=C(Nc1nc2ccc([N+](=O)[O-])cc2s1)C(=O)[C@H](c1cnc2ccccc2n1)[N+](=O)[O-]. The molecule has 4 rings (SSSR count). The molecule has 0 aliphatic carbocycles. The van der Waals surface area contributed by atoms with Crippen molar-refractivity contribution in [2.45, 2.75) is 6.04 Å². The first-order valence-corrected chi connectivity index (χ1v) is 9.40. The number of benzene rings is 2. The predicted octanol–water partition coefficient (Wildman–Crippen LogP) is 2.67. The van der Waals surface area contributed by atoms with Crippen molar-refractivity contribution in [3.8, 4) is 0 Å². The number of carbonyl (C=O) groups excluding carboxylic acids is 2. The zero-order valence-corrected chi connectivity index (χ0v) is 16.1. The molecule has 0 bridgehead atoms. The number of hydrogen-bond acceptors (Lipinski definition) is 10. The molecule has 13 heteroatoms. The molecule has 0 radical (unpaired) electrons. The summed E-state index contributed by atoms with van der Waals surface area (Å²) in [6.45, 7) is 0. The molecular formula is C18H10N6O6S. The van der Waals surface area contributed by atoms with E-state index in [0.717, 1.165) is 17.5 Å². The van der Waals surface area contributed by atoms with Crippen molar-refractivity contribution >= 4 is 55.1 Å². The van der Waals surface area contributed by atoms with Crippen LogP contribution in [0.25, 0.3) is 21.3 Å². The van der Waals surface area contributed by atoms with Crippen molar-refractivity contribution in [3.63, 3.8) is 0 Å². The van der Waals surface area contributed by atoms with Crippen LogP contribution < -0.4 is 5.32 Å². The first-order valence-electron chi connectivity index (χ1n) is 8.59. The van der Waals surface area contributed by atoms with E-state index in [1.54, 1.807) is 24.3 Å². The van der Waals surface area contributed by atoms with Gasteiger partial charge in [-0.15, -0.1) is 0 Å². The maximum Gasteiger partial charge on any atom is 0.322 e. The fourth-order valence-corrected chi connectivity index (χ4v) is 3.70. The van der Waals surface area contributed by atoms with Crippen LogP contribution in [0.1, 0.15) is 11.7 Å². The summed E-state index contributed by atoms with van der Waals surface area (Å²) in [6, 6.07) is 8.47. The van der Waals surface area contributed by atoms with Crippen LogP contribution in [0.2, 0.25) is 0 Å². The minimum atomic E-state index is -2.05. The molecule has 0 spiro atoms. The number of thiazole rings is 1. The molecule has 0 fully saturated rings. The van der Waals surface area contributed by atoms with E-state index in [4.69, 9.17) is 0 Å². The number of fused-ring (bicyclic) bond motifs is 2. The van der Waals surface area contributed by atoms with E-state index >= 15 is 0 Å². The van der Waals surface area contributed by atoms with E-state index in [1.165, 1.54) is 18.2 Å². The van der Waals surface area contributed by atoms with Crippen molar-refractivity contribution in [1.29, 1.82) is 0 Å². The molecule has 1 atom stereocenters. The topological polar surface area (TPSA) is 171 Å². The third kappa shape index (κ3) is 3.89. The zero-order chi connectivity index (χ0) is 22.1. The predicted molar refractivity (Wildman–Crippen MR) is 109 cm³/mol. The summed E-state index contributed by atoms with van der Waals surface area (Å²) in [4.78, 5) is 58.1. The van der Waals surface area contributed by atoms with E-state index < -0.39 is 27.6 Å². The summed E-state index contributed by atoms with van der Waals surface area (Å²) in [7, 11) is 0. The Kier molecular flexibility index (Phi) is 5.00. The molecule has 31 heavy (non-hydrogen) atoms. The highest BCUT2D eigenvalue weighted by molar-refractivity contribution is 7.22. The summed E-state index contributed by atoms with van der Waals surface area (Å²) in [6.07, 6.45) is 1.08. The molecule has 0 saturated heterocycles. The summed E-state index contributed by atoms with van der Waals surface area (Å²) in [5.41, 5.74) is 0.753. The minimum Gasteiger partial charge on any atom is -0.295 e. The second-order valence-electron chi connectivity index (χ2n) is 6.22. The maximum atomic E-state index is 12.6. The standard InChI is InChI=1S/C18H10N6O6S/c25-16(15(24(29)30)13-8-19-10-3-1-2-4-11(10)20-13)17(26)22-18-21-12-6-5-9(23(27)28)7-14(12)31-18/h1-8,15H,(H,21,22,26)/t15-/m0/s1. The summed E-state index contributed by atoms with van der Waals surface area (Å²) in [5, 5.41) is 24.6. The van der Waals surface area contributed by atoms with Crippen LogP contribution in [0.15, 0.2) is 48.7 Å². The number of hydrogen-bond donors (Lipinski definition) is 1. The fourth-order valence-electron chi connectivity index (χ4n) is 2.80. The van der Waals surface area contributed by atoms with Crippen molar-refractivity contribution in [2.24, 2.45) is 0 Å². The van der Waals surface area contributed by atoms with Crippen LogP contribution in [-0.2, 0) is 9.59 Å². The highest BCUT2D eigenvalue weighted by atomic mass is 32.1. The number of nitro groups is 2. The lowest BCUT2D eigenvalue weighted by Crippen LogP contribution is -2.33. The third-order valence-electron chi connectivity index (χ3n) is 4.23. The quantitative estimate of drug-likeness (QED) is 0.270. The highest BCUT2D eigenvalue weighted by Gasteiger charge is 2.39. The van der Waals surface area contributed by atoms with E-state index in [1.807, 2.05) is 0 Å². The third-order valence-corrected chi connectivity index (χ3v) is 5.17. The Bertz CT molecular complexity index is 1390. The number of aromatic nitrogens is 3. The number of nitrogens with one attached hydrogen (secondary N) is 1. The Balaban J connectivity index is 1.60. The van der Waals surface area contributed by atoms with Gasteiger partial charge in [-0.1, -0.05) is 23.5 Å². The average molecular weight is 438 g/mol. The van der Waals surface area contributed by atoms with Crippen molar-refractivity contribution in [1.82, 2.24) is 15.0 Å². The Morgan fingerprint density at radius 2 is 1.74 bits per heavy atom. The largest absolute Gasteiger partial charge is 0.322 e. The van der Waals surface area contributed by atoms with Crippen LogP contribution >= 0.6 is 11.3 Å². The van der Waals surface area contributed by atoms with Gasteiger partial charge in [0, 0.05) is 17.1 Å². The second-order valence-corrected chi connectivity index (χ2v) is 7.25. The van der Waals surface area contributed by atoms with E-state index in [-0.39, 0.29) is 16.5 Å². The lowest BCUT2D eigenvalue weighted by Gasteiger charge is -2.08. The van der Waals surface area contributed by atoms with Crippen molar-refractivity contribution in [2.75, 3.05) is 5.32 Å². The normalized spacial score (nSPS) is 11.9. The summed E-state index contributed by atoms with van der Waals surface area (Å²) < 4.78 is 0.406. The first kappa shape index (κ1) is 19.9. The van der Waals surface area contributed by atoms with Gasteiger partial charge in [-0.3, -0.25) is 40.1 Å². The van der Waals surface area contributed by atoms with Gasteiger partial charge in [0.25, 0.3) is 11.5 Å². The van der Waals surface area contributed by atoms with Crippen LogP contribution in [0.5, 0.6) is 0 Å². The fraction of sp³-hybridized carbons (Fsp3) is 0.0556. The van der Waals surface area contributed by atoms with Gasteiger partial charge in [0.15, 0.2) is 5.13 Å². The second kappa shape index (κ2) is 7.79. The zero-order valence-electron chi connectivity index (χ0n) is 15.3. The number of nitro benzene ring substituents is 1. The Hall–Kier alpha value is -4.39. The minimum absolute atomic E-state index is 0.0273. The molecule has 4 aromatic rings. The van der Waals surface area contributed by atoms with E-state index in [2.05, 4.69) is 20.3 Å². The molecule has 12 nitrogen and oxygen atoms in total. The van der Waals surface area contributed by atoms with E-state index in [9.17, 15) is 29.8 Å². The Morgan fingerprint density at radius 1 is 1.00 bits per heavy atom. The smallest absolute Gasteiger partial charge is 0.295 e. The van der Waals surface area contributed by atoms with Gasteiger partial charge in [0.2, 0.25) is 0 Å². The van der Waals surface area contributed by atoms with Gasteiger partial charge in [0.1, 0.15) is 5.69 Å². The Labute approximate surface area is 175 Å². The maximum absolute atomic E-state index is 12.6. The first-order chi connectivity index (χ1) is 14.8. The molecular weight excluding hydrogens is 428 g/mol. The van der Waals surface area contributed by atoms with Crippen molar-refractivity contribution in [3.05, 3.63) is 74.6 Å². The molecule has 2 aromatic heterocycles. The molecule has 2 aromatic carbocycles. The number of ketones is 1. The van der Waals surface area contributed by atoms with Crippen LogP contribution in [0.3, 0.4) is 0 Å². The van der Waals surface area contributed by atoms with Gasteiger partial charge in [0.05, 0.1) is 32.4 Å². The van der Waals surface area contributed by atoms with Gasteiger partial charge in [-0.2, -0.15) is 0 Å². The number of carbonyl (C=O) groups is 2. The number of amides is 1. The molecule has 154 valence electrons. The highest BCUT2D eigenvalue weighted by Crippen LogP contribution is 2.29. The van der Waals surface area contributed by atoms with Crippen LogP contribution in [0, 0.1) is 20.2 Å². The van der Waals surface area contributed by atoms with Gasteiger partial charge in [-0.25, -0.2) is 9.97 Å². The van der Waals surface area contributed by atoms with Gasteiger partial charge >= 0.3 is 11.9 Å². The summed E-state index contributed by atoms with van der Waals surface area (Å²) >= 11 is 0.895. The van der Waals surface area contributed by atoms with Crippen LogP contribution in [0.4, 0.5) is 10.8 Å². The molecule has 2 heterocycles. The molecule has 0 aliphatic rings.